The van der Waals surface area contributed by atoms with E-state index in [0.717, 1.165) is 5.56 Å². The maximum Gasteiger partial charge on any atom is 0.124 e. The van der Waals surface area contributed by atoms with Gasteiger partial charge in [-0.05, 0) is 30.3 Å². The average molecular weight is 291 g/mol. The van der Waals surface area contributed by atoms with Gasteiger partial charge in [0.2, 0.25) is 0 Å². The predicted octanol–water partition coefficient (Wildman–Crippen LogP) is 3.39. The molecule has 0 fully saturated rings. The van der Waals surface area contributed by atoms with Gasteiger partial charge in [-0.1, -0.05) is 17.7 Å². The van der Waals surface area contributed by atoms with Gasteiger partial charge in [0, 0.05) is 22.7 Å². The molecule has 2 rings (SSSR count). The molecular weight excluding hydrogens is 279 g/mol. The number of hydrogen-bond donors (Lipinski definition) is 1. The van der Waals surface area contributed by atoms with Crippen LogP contribution in [0, 0.1) is 17.1 Å². The second-order valence-corrected chi connectivity index (χ2v) is 4.57. The summed E-state index contributed by atoms with van der Waals surface area (Å²) in [4.78, 5) is 0. The van der Waals surface area contributed by atoms with E-state index in [1.807, 2.05) is 6.07 Å². The molecule has 0 atom stereocenters. The van der Waals surface area contributed by atoms with E-state index in [4.69, 9.17) is 27.3 Å². The van der Waals surface area contributed by atoms with Crippen molar-refractivity contribution in [3.63, 3.8) is 0 Å². The summed E-state index contributed by atoms with van der Waals surface area (Å²) in [6, 6.07) is 11.2. The zero-order valence-corrected chi connectivity index (χ0v) is 11.3. The van der Waals surface area contributed by atoms with Gasteiger partial charge < -0.3 is 10.5 Å². The van der Waals surface area contributed by atoms with E-state index in [2.05, 4.69) is 0 Å². The number of rotatable bonds is 4. The Morgan fingerprint density at radius 2 is 2.00 bits per heavy atom. The van der Waals surface area contributed by atoms with E-state index < -0.39 is 0 Å². The van der Waals surface area contributed by atoms with E-state index in [0.29, 0.717) is 21.9 Å². The normalized spacial score (nSPS) is 10.1. The van der Waals surface area contributed by atoms with Gasteiger partial charge in [-0.25, -0.2) is 4.39 Å². The van der Waals surface area contributed by atoms with Crippen molar-refractivity contribution in [3.05, 3.63) is 63.9 Å². The lowest BCUT2D eigenvalue weighted by Crippen LogP contribution is -2.03. The Kier molecular flexibility index (Phi) is 4.57. The quantitative estimate of drug-likeness (QED) is 0.939. The van der Waals surface area contributed by atoms with Crippen molar-refractivity contribution >= 4 is 11.6 Å². The molecule has 0 bridgehead atoms. The summed E-state index contributed by atoms with van der Waals surface area (Å²) in [5.41, 5.74) is 7.38. The molecule has 2 aromatic rings. The topological polar surface area (TPSA) is 59.0 Å². The molecule has 2 aromatic carbocycles. The zero-order valence-electron chi connectivity index (χ0n) is 10.6. The van der Waals surface area contributed by atoms with Crippen molar-refractivity contribution in [2.24, 2.45) is 5.73 Å². The fourth-order valence-corrected chi connectivity index (χ4v) is 1.97. The van der Waals surface area contributed by atoms with Crippen LogP contribution in [0.4, 0.5) is 4.39 Å². The maximum absolute atomic E-state index is 13.1. The number of halogens is 2. The minimum absolute atomic E-state index is 0.189. The van der Waals surface area contributed by atoms with Gasteiger partial charge in [0.1, 0.15) is 18.2 Å². The molecule has 5 heteroatoms. The highest BCUT2D eigenvalue weighted by molar-refractivity contribution is 6.31. The highest BCUT2D eigenvalue weighted by Crippen LogP contribution is 2.23. The number of benzene rings is 2. The Balaban J connectivity index is 2.15. The average Bonchev–Trinajstić information content (AvgIpc) is 2.46. The smallest absolute Gasteiger partial charge is 0.124 e. The summed E-state index contributed by atoms with van der Waals surface area (Å²) in [5.74, 6) is 0.170. The molecular formula is C15H12ClFN2O. The molecule has 0 unspecified atom stereocenters. The first kappa shape index (κ1) is 14.3. The van der Waals surface area contributed by atoms with Crippen molar-refractivity contribution in [1.29, 1.82) is 5.26 Å². The summed E-state index contributed by atoms with van der Waals surface area (Å²) >= 11 is 6.06. The third-order valence-corrected chi connectivity index (χ3v) is 3.16. The Bertz CT molecular complexity index is 667. The Morgan fingerprint density at radius 1 is 1.20 bits per heavy atom. The van der Waals surface area contributed by atoms with E-state index >= 15 is 0 Å². The Morgan fingerprint density at radius 3 is 2.65 bits per heavy atom. The molecule has 20 heavy (non-hydrogen) atoms. The lowest BCUT2D eigenvalue weighted by molar-refractivity contribution is 0.302. The molecule has 2 N–H and O–H groups in total. The van der Waals surface area contributed by atoms with Crippen LogP contribution in [0.1, 0.15) is 16.7 Å². The van der Waals surface area contributed by atoms with Gasteiger partial charge in [0.05, 0.1) is 11.6 Å². The molecule has 0 aliphatic heterocycles. The van der Waals surface area contributed by atoms with Crippen LogP contribution in [0.2, 0.25) is 5.02 Å². The first-order valence-electron chi connectivity index (χ1n) is 5.94. The second-order valence-electron chi connectivity index (χ2n) is 4.16. The number of nitriles is 1. The van der Waals surface area contributed by atoms with Crippen LogP contribution in [0.15, 0.2) is 36.4 Å². The first-order valence-corrected chi connectivity index (χ1v) is 6.31. The number of nitrogens with zero attached hydrogens (tertiary/aromatic N) is 1. The van der Waals surface area contributed by atoms with E-state index in [1.54, 1.807) is 18.2 Å². The van der Waals surface area contributed by atoms with Crippen molar-refractivity contribution in [1.82, 2.24) is 0 Å². The highest BCUT2D eigenvalue weighted by Gasteiger charge is 2.07. The molecule has 0 heterocycles. The molecule has 0 spiro atoms. The molecule has 0 radical (unpaired) electrons. The van der Waals surface area contributed by atoms with Crippen molar-refractivity contribution in [3.8, 4) is 11.8 Å². The molecule has 0 aliphatic rings. The van der Waals surface area contributed by atoms with Crippen molar-refractivity contribution < 1.29 is 9.13 Å². The van der Waals surface area contributed by atoms with Crippen LogP contribution in [0.25, 0.3) is 0 Å². The lowest BCUT2D eigenvalue weighted by Gasteiger charge is -2.11. The van der Waals surface area contributed by atoms with E-state index in [-0.39, 0.29) is 19.0 Å². The molecule has 3 nitrogen and oxygen atoms in total. The SMILES string of the molecule is N#Cc1ccc(COc2ccc(F)cc2CN)c(Cl)c1. The largest absolute Gasteiger partial charge is 0.489 e. The fourth-order valence-electron chi connectivity index (χ4n) is 1.74. The third kappa shape index (κ3) is 3.27. The van der Waals surface area contributed by atoms with Gasteiger partial charge in [-0.2, -0.15) is 5.26 Å². The summed E-state index contributed by atoms with van der Waals surface area (Å²) in [6.45, 7) is 0.414. The van der Waals surface area contributed by atoms with E-state index in [1.165, 1.54) is 18.2 Å². The van der Waals surface area contributed by atoms with Gasteiger partial charge in [-0.3, -0.25) is 0 Å². The second kappa shape index (κ2) is 6.38. The standard InChI is InChI=1S/C15H12ClFN2O/c16-14-5-10(7-18)1-2-11(14)9-20-15-4-3-13(17)6-12(15)8-19/h1-6H,8-9,19H2. The summed E-state index contributed by atoms with van der Waals surface area (Å²) in [7, 11) is 0. The Hall–Kier alpha value is -2.09. The number of ether oxygens (including phenoxy) is 1. The summed E-state index contributed by atoms with van der Waals surface area (Å²) in [5, 5.41) is 9.22. The van der Waals surface area contributed by atoms with Gasteiger partial charge in [-0.15, -0.1) is 0 Å². The van der Waals surface area contributed by atoms with Crippen molar-refractivity contribution in [2.45, 2.75) is 13.2 Å². The van der Waals surface area contributed by atoms with Gasteiger partial charge in [0.15, 0.2) is 0 Å². The Labute approximate surface area is 121 Å². The summed E-state index contributed by atoms with van der Waals surface area (Å²) < 4.78 is 18.7. The zero-order chi connectivity index (χ0) is 14.5. The van der Waals surface area contributed by atoms with E-state index in [9.17, 15) is 4.39 Å². The monoisotopic (exact) mass is 290 g/mol. The predicted molar refractivity (Wildman–Crippen MR) is 74.8 cm³/mol. The maximum atomic E-state index is 13.1. The molecule has 0 amide bonds. The third-order valence-electron chi connectivity index (χ3n) is 2.81. The molecule has 0 aliphatic carbocycles. The first-order chi connectivity index (χ1) is 9.63. The van der Waals surface area contributed by atoms with Crippen LogP contribution in [-0.4, -0.2) is 0 Å². The minimum Gasteiger partial charge on any atom is -0.489 e. The van der Waals surface area contributed by atoms with Crippen LogP contribution in [0.5, 0.6) is 5.75 Å². The van der Waals surface area contributed by atoms with Crippen LogP contribution in [0.3, 0.4) is 0 Å². The molecule has 0 saturated carbocycles. The number of nitrogens with two attached hydrogens (primary N) is 1. The van der Waals surface area contributed by atoms with Crippen LogP contribution in [-0.2, 0) is 13.2 Å². The molecule has 0 aromatic heterocycles. The highest BCUT2D eigenvalue weighted by atomic mass is 35.5. The van der Waals surface area contributed by atoms with Crippen LogP contribution < -0.4 is 10.5 Å². The van der Waals surface area contributed by atoms with Gasteiger partial charge >= 0.3 is 0 Å². The van der Waals surface area contributed by atoms with Gasteiger partial charge in [0.25, 0.3) is 0 Å². The summed E-state index contributed by atoms with van der Waals surface area (Å²) in [6.07, 6.45) is 0. The molecule has 0 saturated heterocycles. The number of hydrogen-bond acceptors (Lipinski definition) is 3. The molecule has 102 valence electrons. The minimum atomic E-state index is -0.353. The lowest BCUT2D eigenvalue weighted by atomic mass is 10.1. The van der Waals surface area contributed by atoms with Crippen LogP contribution >= 0.6 is 11.6 Å². The van der Waals surface area contributed by atoms with Crippen molar-refractivity contribution in [2.75, 3.05) is 0 Å². The fraction of sp³-hybridized carbons (Fsp3) is 0.133.